The Labute approximate surface area is 227 Å². The molecule has 2 unspecified atom stereocenters. The molecule has 3 fully saturated rings. The third-order valence-corrected chi connectivity index (χ3v) is 8.60. The van der Waals surface area contributed by atoms with Gasteiger partial charge < -0.3 is 9.47 Å². The third kappa shape index (κ3) is 5.40. The summed E-state index contributed by atoms with van der Waals surface area (Å²) in [6.07, 6.45) is 7.51. The van der Waals surface area contributed by atoms with Crippen molar-refractivity contribution >= 4 is 17.5 Å². The van der Waals surface area contributed by atoms with Gasteiger partial charge in [-0.05, 0) is 88.0 Å². The number of carbonyl (C=O) groups excluding carboxylic acids is 2. The van der Waals surface area contributed by atoms with Crippen molar-refractivity contribution < 1.29 is 23.5 Å². The molecule has 3 aliphatic rings. The molecule has 3 aromatic rings. The van der Waals surface area contributed by atoms with Gasteiger partial charge in [-0.3, -0.25) is 9.59 Å². The number of ketones is 1. The predicted molar refractivity (Wildman–Crippen MR) is 141 cm³/mol. The number of hydrogen-bond donors (Lipinski definition) is 0. The maximum atomic E-state index is 14.7. The molecule has 1 aromatic carbocycles. The van der Waals surface area contributed by atoms with Crippen LogP contribution in [0.5, 0.6) is 5.75 Å². The van der Waals surface area contributed by atoms with Gasteiger partial charge >= 0.3 is 5.97 Å². The SMILES string of the molecule is Cc1cc(C)n2nc(CC3C(=O)CC(CCc4ccc(OCC5CC5)c(F)c4)(C4CCCC4)OC3=O)nc2n1. The minimum Gasteiger partial charge on any atom is -0.490 e. The summed E-state index contributed by atoms with van der Waals surface area (Å²) >= 11 is 0. The molecule has 8 nitrogen and oxygen atoms in total. The van der Waals surface area contributed by atoms with E-state index in [4.69, 9.17) is 9.47 Å². The Kier molecular flexibility index (Phi) is 6.85. The van der Waals surface area contributed by atoms with E-state index in [-0.39, 0.29) is 36.1 Å². The summed E-state index contributed by atoms with van der Waals surface area (Å²) in [4.78, 5) is 35.7. The number of ether oxygens (including phenoxy) is 2. The summed E-state index contributed by atoms with van der Waals surface area (Å²) in [7, 11) is 0. The van der Waals surface area contributed by atoms with E-state index in [0.29, 0.717) is 37.0 Å². The molecule has 2 aliphatic carbocycles. The molecular weight excluding hydrogens is 499 g/mol. The van der Waals surface area contributed by atoms with Crippen molar-refractivity contribution in [2.75, 3.05) is 6.61 Å². The van der Waals surface area contributed by atoms with Crippen molar-refractivity contribution in [1.29, 1.82) is 0 Å². The van der Waals surface area contributed by atoms with Gasteiger partial charge in [0.15, 0.2) is 23.2 Å². The number of aromatic nitrogens is 4. The molecular formula is C30H35FN4O4. The van der Waals surface area contributed by atoms with E-state index in [1.807, 2.05) is 26.0 Å². The number of Topliss-reactive ketones (excluding diaryl/α,β-unsaturated/α-hetero) is 1. The molecule has 1 saturated heterocycles. The highest BCUT2D eigenvalue weighted by molar-refractivity contribution is 6.01. The lowest BCUT2D eigenvalue weighted by Gasteiger charge is -2.43. The average molecular weight is 535 g/mol. The number of hydrogen-bond acceptors (Lipinski definition) is 7. The van der Waals surface area contributed by atoms with Gasteiger partial charge in [0, 0.05) is 24.2 Å². The molecule has 0 amide bonds. The zero-order chi connectivity index (χ0) is 27.1. The van der Waals surface area contributed by atoms with Crippen LogP contribution in [-0.2, 0) is 27.2 Å². The van der Waals surface area contributed by atoms with Crippen molar-refractivity contribution in [2.24, 2.45) is 17.8 Å². The van der Waals surface area contributed by atoms with Crippen LogP contribution in [0.2, 0.25) is 0 Å². The van der Waals surface area contributed by atoms with Crippen molar-refractivity contribution in [3.63, 3.8) is 0 Å². The highest BCUT2D eigenvalue weighted by atomic mass is 19.1. The van der Waals surface area contributed by atoms with Crippen LogP contribution >= 0.6 is 0 Å². The maximum Gasteiger partial charge on any atom is 0.317 e. The number of cyclic esters (lactones) is 1. The maximum absolute atomic E-state index is 14.7. The molecule has 2 atom stereocenters. The Balaban J connectivity index is 1.17. The molecule has 206 valence electrons. The Hall–Kier alpha value is -3.36. The molecule has 0 bridgehead atoms. The van der Waals surface area contributed by atoms with Gasteiger partial charge in [0.1, 0.15) is 11.5 Å². The topological polar surface area (TPSA) is 95.7 Å². The summed E-state index contributed by atoms with van der Waals surface area (Å²) in [5, 5.41) is 4.48. The number of nitrogens with zero attached hydrogens (tertiary/aromatic N) is 4. The van der Waals surface area contributed by atoms with E-state index in [1.165, 1.54) is 6.07 Å². The fourth-order valence-corrected chi connectivity index (χ4v) is 6.22. The molecule has 0 spiro atoms. The highest BCUT2D eigenvalue weighted by Gasteiger charge is 2.51. The second-order valence-corrected chi connectivity index (χ2v) is 11.7. The number of aryl methyl sites for hydroxylation is 3. The quantitative estimate of drug-likeness (QED) is 0.284. The van der Waals surface area contributed by atoms with E-state index in [9.17, 15) is 14.0 Å². The number of esters is 1. The van der Waals surface area contributed by atoms with Gasteiger partial charge in [-0.1, -0.05) is 18.9 Å². The molecule has 9 heteroatoms. The number of fused-ring (bicyclic) bond motifs is 1. The first kappa shape index (κ1) is 25.9. The van der Waals surface area contributed by atoms with Gasteiger partial charge in [0.2, 0.25) is 0 Å². The number of rotatable bonds is 9. The highest BCUT2D eigenvalue weighted by Crippen LogP contribution is 2.45. The van der Waals surface area contributed by atoms with Gasteiger partial charge in [-0.15, -0.1) is 5.10 Å². The van der Waals surface area contributed by atoms with E-state index < -0.39 is 17.5 Å². The summed E-state index contributed by atoms with van der Waals surface area (Å²) < 4.78 is 28.2. The van der Waals surface area contributed by atoms with Gasteiger partial charge in [-0.2, -0.15) is 4.98 Å². The zero-order valence-electron chi connectivity index (χ0n) is 22.6. The lowest BCUT2D eigenvalue weighted by molar-refractivity contribution is -0.185. The number of halogens is 1. The van der Waals surface area contributed by atoms with Crippen molar-refractivity contribution in [3.05, 3.63) is 52.9 Å². The van der Waals surface area contributed by atoms with Crippen LogP contribution in [0.1, 0.15) is 74.1 Å². The second-order valence-electron chi connectivity index (χ2n) is 11.7. The zero-order valence-corrected chi connectivity index (χ0v) is 22.6. The minimum atomic E-state index is -0.932. The molecule has 2 saturated carbocycles. The summed E-state index contributed by atoms with van der Waals surface area (Å²) in [5.41, 5.74) is 1.66. The van der Waals surface area contributed by atoms with Crippen molar-refractivity contribution in [1.82, 2.24) is 19.6 Å². The van der Waals surface area contributed by atoms with Crippen LogP contribution in [0.3, 0.4) is 0 Å². The van der Waals surface area contributed by atoms with Crippen LogP contribution in [0.4, 0.5) is 4.39 Å². The van der Waals surface area contributed by atoms with Crippen LogP contribution in [0, 0.1) is 37.4 Å². The van der Waals surface area contributed by atoms with Crippen LogP contribution in [-0.4, -0.2) is 43.5 Å². The van der Waals surface area contributed by atoms with Crippen LogP contribution in [0.15, 0.2) is 24.3 Å². The minimum absolute atomic E-state index is 0.0911. The van der Waals surface area contributed by atoms with Crippen molar-refractivity contribution in [3.8, 4) is 5.75 Å². The van der Waals surface area contributed by atoms with Crippen LogP contribution < -0.4 is 4.74 Å². The van der Waals surface area contributed by atoms with Gasteiger partial charge in [0.25, 0.3) is 5.78 Å². The Bertz CT molecular complexity index is 1390. The van der Waals surface area contributed by atoms with E-state index in [1.54, 1.807) is 10.6 Å². The first-order chi connectivity index (χ1) is 18.8. The second kappa shape index (κ2) is 10.3. The lowest BCUT2D eigenvalue weighted by atomic mass is 9.73. The summed E-state index contributed by atoms with van der Waals surface area (Å²) in [6, 6.07) is 6.97. The molecule has 39 heavy (non-hydrogen) atoms. The Morgan fingerprint density at radius 1 is 1.10 bits per heavy atom. The molecule has 6 rings (SSSR count). The summed E-state index contributed by atoms with van der Waals surface area (Å²) in [5.74, 6) is -0.139. The van der Waals surface area contributed by atoms with Gasteiger partial charge in [0.05, 0.1) is 6.61 Å². The summed E-state index contributed by atoms with van der Waals surface area (Å²) in [6.45, 7) is 4.36. The first-order valence-corrected chi connectivity index (χ1v) is 14.2. The van der Waals surface area contributed by atoms with E-state index >= 15 is 0 Å². The van der Waals surface area contributed by atoms with E-state index in [2.05, 4.69) is 15.1 Å². The van der Waals surface area contributed by atoms with Gasteiger partial charge in [-0.25, -0.2) is 13.9 Å². The van der Waals surface area contributed by atoms with E-state index in [0.717, 1.165) is 55.5 Å². The lowest BCUT2D eigenvalue weighted by Crippen LogP contribution is -2.52. The van der Waals surface area contributed by atoms with Crippen LogP contribution in [0.25, 0.3) is 5.78 Å². The normalized spacial score (nSPS) is 23.9. The molecule has 1 aliphatic heterocycles. The Morgan fingerprint density at radius 3 is 2.62 bits per heavy atom. The smallest absolute Gasteiger partial charge is 0.317 e. The number of benzene rings is 1. The van der Waals surface area contributed by atoms with Crippen molar-refractivity contribution in [2.45, 2.75) is 83.7 Å². The molecule has 0 radical (unpaired) electrons. The Morgan fingerprint density at radius 2 is 1.90 bits per heavy atom. The predicted octanol–water partition coefficient (Wildman–Crippen LogP) is 4.91. The molecule has 3 heterocycles. The molecule has 2 aromatic heterocycles. The first-order valence-electron chi connectivity index (χ1n) is 14.2. The fourth-order valence-electron chi connectivity index (χ4n) is 6.22. The average Bonchev–Trinajstić information content (AvgIpc) is 3.36. The standard InChI is InChI=1S/C30H35FN4O4/c1-18-13-19(2)35-29(32-18)33-27(34-35)15-23-25(36)16-30(39-28(23)37,22-5-3-4-6-22)12-11-20-9-10-26(24(31)14-20)38-17-21-7-8-21/h9-10,13-14,21-23H,3-8,11-12,15-17H2,1-2H3. The molecule has 0 N–H and O–H groups in total. The largest absolute Gasteiger partial charge is 0.490 e. The fraction of sp³-hybridized carbons (Fsp3) is 0.567. The monoisotopic (exact) mass is 534 g/mol. The number of carbonyl (C=O) groups is 2. The third-order valence-electron chi connectivity index (χ3n) is 8.60.